The highest BCUT2D eigenvalue weighted by molar-refractivity contribution is 5.73. The van der Waals surface area contributed by atoms with E-state index >= 15 is 0 Å². The van der Waals surface area contributed by atoms with Crippen LogP contribution in [0.2, 0.25) is 0 Å². The Morgan fingerprint density at radius 2 is 1.07 bits per heavy atom. The zero-order valence-electron chi connectivity index (χ0n) is 18.5. The van der Waals surface area contributed by atoms with E-state index in [2.05, 4.69) is 6.07 Å². The summed E-state index contributed by atoms with van der Waals surface area (Å²) in [7, 11) is 0. The largest absolute Gasteiger partial charge is 0.508 e. The lowest BCUT2D eigenvalue weighted by Crippen LogP contribution is -2.23. The molecule has 0 fully saturated rings. The first-order chi connectivity index (χ1) is 13.4. The van der Waals surface area contributed by atoms with Crippen molar-refractivity contribution in [1.82, 2.24) is 0 Å². The Bertz CT molecular complexity index is 676. The average Bonchev–Trinajstić information content (AvgIpc) is 2.61. The quantitative estimate of drug-likeness (QED) is 0.338. The minimum absolute atomic E-state index is 0.284. The van der Waals surface area contributed by atoms with Crippen molar-refractivity contribution in [3.05, 3.63) is 29.3 Å². The average molecular weight is 407 g/mol. The van der Waals surface area contributed by atoms with Crippen LogP contribution in [0, 0.1) is 10.8 Å². The summed E-state index contributed by atoms with van der Waals surface area (Å²) >= 11 is 0. The number of carbonyl (C=O) groups is 2. The molecule has 1 aromatic carbocycles. The third-order valence-corrected chi connectivity index (χ3v) is 5.73. The molecule has 1 rings (SSSR count). The Kier molecular flexibility index (Phi) is 9.67. The number of carboxylic acid groups (broad SMARTS) is 2. The van der Waals surface area contributed by atoms with Crippen molar-refractivity contribution < 1.29 is 24.9 Å². The summed E-state index contributed by atoms with van der Waals surface area (Å²) in [6.07, 6.45) is 8.81. The fourth-order valence-electron chi connectivity index (χ4n) is 3.39. The summed E-state index contributed by atoms with van der Waals surface area (Å²) in [4.78, 5) is 22.3. The number of benzene rings is 1. The molecular formula is C24H38O5. The van der Waals surface area contributed by atoms with Gasteiger partial charge in [-0.3, -0.25) is 9.59 Å². The molecule has 0 amide bonds. The summed E-state index contributed by atoms with van der Waals surface area (Å²) in [5.74, 6) is -1.22. The number of aryl methyl sites for hydroxylation is 2. The molecule has 0 aliphatic heterocycles. The summed E-state index contributed by atoms with van der Waals surface area (Å²) in [6.45, 7) is 7.05. The van der Waals surface area contributed by atoms with Crippen LogP contribution in [-0.4, -0.2) is 27.3 Å². The number of rotatable bonds is 14. The molecule has 5 heteroatoms. The number of carboxylic acids is 2. The zero-order chi connectivity index (χ0) is 22.1. The van der Waals surface area contributed by atoms with Gasteiger partial charge in [0.15, 0.2) is 0 Å². The van der Waals surface area contributed by atoms with E-state index < -0.39 is 22.8 Å². The van der Waals surface area contributed by atoms with Crippen molar-refractivity contribution in [1.29, 1.82) is 0 Å². The molecule has 0 radical (unpaired) electrons. The Hall–Kier alpha value is -2.04. The minimum Gasteiger partial charge on any atom is -0.508 e. The van der Waals surface area contributed by atoms with Crippen LogP contribution in [0.15, 0.2) is 18.2 Å². The van der Waals surface area contributed by atoms with Crippen LogP contribution < -0.4 is 0 Å². The molecule has 3 N–H and O–H groups in total. The molecule has 0 spiro atoms. The fraction of sp³-hybridized carbons (Fsp3) is 0.667. The monoisotopic (exact) mass is 406 g/mol. The maximum absolute atomic E-state index is 11.2. The van der Waals surface area contributed by atoms with E-state index in [1.54, 1.807) is 33.8 Å². The van der Waals surface area contributed by atoms with Gasteiger partial charge in [-0.25, -0.2) is 0 Å². The second kappa shape index (κ2) is 11.2. The van der Waals surface area contributed by atoms with Crippen LogP contribution in [0.25, 0.3) is 0 Å². The molecule has 0 aliphatic rings. The summed E-state index contributed by atoms with van der Waals surface area (Å²) in [5.41, 5.74) is 0.872. The number of aromatic hydroxyl groups is 1. The fourth-order valence-corrected chi connectivity index (χ4v) is 3.39. The third-order valence-electron chi connectivity index (χ3n) is 5.73. The lowest BCUT2D eigenvalue weighted by Gasteiger charge is -2.18. The van der Waals surface area contributed by atoms with Crippen LogP contribution in [0.5, 0.6) is 5.75 Å². The molecule has 164 valence electrons. The molecule has 1 aromatic rings. The van der Waals surface area contributed by atoms with Gasteiger partial charge in [0.05, 0.1) is 10.8 Å². The minimum atomic E-state index is -0.760. The van der Waals surface area contributed by atoms with E-state index in [1.165, 1.54) is 0 Å². The van der Waals surface area contributed by atoms with Crippen LogP contribution in [-0.2, 0) is 22.4 Å². The molecule has 0 aromatic heterocycles. The highest BCUT2D eigenvalue weighted by atomic mass is 16.4. The molecule has 0 unspecified atom stereocenters. The van der Waals surface area contributed by atoms with E-state index in [4.69, 9.17) is 5.11 Å². The normalized spacial score (nSPS) is 12.1. The second-order valence-corrected chi connectivity index (χ2v) is 9.51. The van der Waals surface area contributed by atoms with Gasteiger partial charge in [0.25, 0.3) is 0 Å². The highest BCUT2D eigenvalue weighted by Gasteiger charge is 2.26. The van der Waals surface area contributed by atoms with Gasteiger partial charge in [-0.05, 0) is 89.5 Å². The second-order valence-electron chi connectivity index (χ2n) is 9.51. The predicted octanol–water partition coefficient (Wildman–Crippen LogP) is 5.82. The Balaban J connectivity index is 2.36. The Labute approximate surface area is 175 Å². The number of aliphatic carboxylic acids is 2. The number of hydrogen-bond acceptors (Lipinski definition) is 3. The third kappa shape index (κ3) is 9.33. The van der Waals surface area contributed by atoms with Crippen molar-refractivity contribution >= 4 is 11.9 Å². The first-order valence-electron chi connectivity index (χ1n) is 10.7. The number of phenolic OH excluding ortho intramolecular Hbond substituents is 1. The van der Waals surface area contributed by atoms with Gasteiger partial charge < -0.3 is 15.3 Å². The van der Waals surface area contributed by atoms with Crippen molar-refractivity contribution in [3.63, 3.8) is 0 Å². The van der Waals surface area contributed by atoms with Gasteiger partial charge in [-0.15, -0.1) is 0 Å². The van der Waals surface area contributed by atoms with E-state index in [0.717, 1.165) is 62.5 Å². The molecule has 5 nitrogen and oxygen atoms in total. The van der Waals surface area contributed by atoms with Crippen LogP contribution in [0.1, 0.15) is 90.2 Å². The molecule has 0 bridgehead atoms. The number of unbranched alkanes of at least 4 members (excludes halogenated alkanes) is 4. The number of phenols is 1. The maximum atomic E-state index is 11.2. The first kappa shape index (κ1) is 25.0. The Morgan fingerprint density at radius 3 is 1.52 bits per heavy atom. The summed E-state index contributed by atoms with van der Waals surface area (Å²) < 4.78 is 0. The summed E-state index contributed by atoms with van der Waals surface area (Å²) in [6, 6.07) is 5.74. The van der Waals surface area contributed by atoms with E-state index in [0.29, 0.717) is 12.8 Å². The van der Waals surface area contributed by atoms with Gasteiger partial charge in [0, 0.05) is 0 Å². The van der Waals surface area contributed by atoms with Crippen molar-refractivity contribution in [2.45, 2.75) is 91.9 Å². The Morgan fingerprint density at radius 1 is 0.690 bits per heavy atom. The molecule has 0 aliphatic carbocycles. The molecule has 0 atom stereocenters. The molecular weight excluding hydrogens is 368 g/mol. The standard InChI is InChI=1S/C24H38O5/c1-23(2,21(26)27)13-9-6-5-7-11-18-15-19(17-20(25)16-18)12-8-10-14-24(3,4)22(28)29/h15-17,25H,5-14H2,1-4H3,(H,26,27)(H,28,29). The maximum Gasteiger partial charge on any atom is 0.309 e. The van der Waals surface area contributed by atoms with Crippen LogP contribution in [0.4, 0.5) is 0 Å². The molecule has 0 saturated heterocycles. The van der Waals surface area contributed by atoms with E-state index in [9.17, 15) is 19.8 Å². The topological polar surface area (TPSA) is 94.8 Å². The number of hydrogen-bond donors (Lipinski definition) is 3. The smallest absolute Gasteiger partial charge is 0.309 e. The zero-order valence-corrected chi connectivity index (χ0v) is 18.5. The molecule has 29 heavy (non-hydrogen) atoms. The van der Waals surface area contributed by atoms with Crippen molar-refractivity contribution in [3.8, 4) is 5.75 Å². The molecule has 0 heterocycles. The predicted molar refractivity (Wildman–Crippen MR) is 115 cm³/mol. The van der Waals surface area contributed by atoms with Crippen molar-refractivity contribution in [2.24, 2.45) is 10.8 Å². The van der Waals surface area contributed by atoms with Gasteiger partial charge in [0.2, 0.25) is 0 Å². The van der Waals surface area contributed by atoms with Crippen LogP contribution >= 0.6 is 0 Å². The van der Waals surface area contributed by atoms with E-state index in [-0.39, 0.29) is 5.75 Å². The van der Waals surface area contributed by atoms with Gasteiger partial charge >= 0.3 is 11.9 Å². The van der Waals surface area contributed by atoms with Gasteiger partial charge in [0.1, 0.15) is 5.75 Å². The lowest BCUT2D eigenvalue weighted by molar-refractivity contribution is -0.148. The first-order valence-corrected chi connectivity index (χ1v) is 10.7. The van der Waals surface area contributed by atoms with Crippen molar-refractivity contribution in [2.75, 3.05) is 0 Å². The van der Waals surface area contributed by atoms with E-state index in [1.807, 2.05) is 6.07 Å². The summed E-state index contributed by atoms with van der Waals surface area (Å²) in [5, 5.41) is 28.3. The SMILES string of the molecule is CC(C)(CCCCCCc1cc(O)cc(CCCCC(C)(C)C(=O)O)c1)C(=O)O. The lowest BCUT2D eigenvalue weighted by atomic mass is 9.86. The highest BCUT2D eigenvalue weighted by Crippen LogP contribution is 2.26. The van der Waals surface area contributed by atoms with Crippen LogP contribution in [0.3, 0.4) is 0 Å². The molecule has 0 saturated carbocycles. The van der Waals surface area contributed by atoms with Gasteiger partial charge in [-0.1, -0.05) is 31.7 Å². The van der Waals surface area contributed by atoms with Gasteiger partial charge in [-0.2, -0.15) is 0 Å².